The standard InChI is InChI=1S/C28H33N7O2S/c1-2-4-22-21(3-1)23-24-25(38-28(23)30-27(22)35-11-15-37-16-12-35)26(32-33-31-24)29-17-19-5-7-20(8-6-19)18-34-9-13-36-14-10-34/h5-8H,1-4,9-18H2,(H,29,31,32). The molecular formula is C28H33N7O2S. The lowest BCUT2D eigenvalue weighted by Crippen LogP contribution is -2.37. The average molecular weight is 532 g/mol. The van der Waals surface area contributed by atoms with Crippen molar-refractivity contribution in [3.05, 3.63) is 46.5 Å². The van der Waals surface area contributed by atoms with E-state index in [4.69, 9.17) is 14.5 Å². The van der Waals surface area contributed by atoms with Gasteiger partial charge >= 0.3 is 0 Å². The molecule has 1 aliphatic carbocycles. The topological polar surface area (TPSA) is 88.5 Å². The zero-order valence-corrected chi connectivity index (χ0v) is 22.4. The molecule has 0 amide bonds. The van der Waals surface area contributed by atoms with Crippen molar-refractivity contribution >= 4 is 43.4 Å². The van der Waals surface area contributed by atoms with E-state index in [1.54, 1.807) is 11.3 Å². The third-order valence-electron chi connectivity index (χ3n) is 7.92. The number of morpholine rings is 2. The molecule has 1 N–H and O–H groups in total. The zero-order valence-electron chi connectivity index (χ0n) is 21.6. The number of aromatic nitrogens is 4. The first-order valence-corrected chi connectivity index (χ1v) is 14.6. The summed E-state index contributed by atoms with van der Waals surface area (Å²) in [5.74, 6) is 1.93. The molecular weight excluding hydrogens is 498 g/mol. The minimum atomic E-state index is 0.685. The molecule has 0 spiro atoms. The van der Waals surface area contributed by atoms with Gasteiger partial charge in [-0.15, -0.1) is 21.5 Å². The number of nitrogens with zero attached hydrogens (tertiary/aromatic N) is 6. The average Bonchev–Trinajstić information content (AvgIpc) is 3.37. The van der Waals surface area contributed by atoms with E-state index in [9.17, 15) is 0 Å². The highest BCUT2D eigenvalue weighted by molar-refractivity contribution is 7.26. The van der Waals surface area contributed by atoms with Gasteiger partial charge in [0.15, 0.2) is 5.82 Å². The van der Waals surface area contributed by atoms with Crippen molar-refractivity contribution in [1.82, 2.24) is 25.3 Å². The lowest BCUT2D eigenvalue weighted by molar-refractivity contribution is 0.0342. The zero-order chi connectivity index (χ0) is 25.3. The van der Waals surface area contributed by atoms with Crippen molar-refractivity contribution in [1.29, 1.82) is 0 Å². The Kier molecular flexibility index (Phi) is 6.79. The van der Waals surface area contributed by atoms with Crippen LogP contribution in [-0.4, -0.2) is 77.9 Å². The number of fused-ring (bicyclic) bond motifs is 5. The number of pyridine rings is 1. The van der Waals surface area contributed by atoms with Crippen LogP contribution in [0.3, 0.4) is 0 Å². The van der Waals surface area contributed by atoms with Gasteiger partial charge in [0.25, 0.3) is 0 Å². The van der Waals surface area contributed by atoms with Gasteiger partial charge in [0.1, 0.15) is 20.9 Å². The lowest BCUT2D eigenvalue weighted by Gasteiger charge is -2.31. The summed E-state index contributed by atoms with van der Waals surface area (Å²) in [5, 5.41) is 17.8. The Balaban J connectivity index is 1.16. The second-order valence-corrected chi connectivity index (χ2v) is 11.4. The number of nitrogens with one attached hydrogen (secondary N) is 1. The molecule has 0 saturated carbocycles. The van der Waals surface area contributed by atoms with Gasteiger partial charge in [-0.3, -0.25) is 4.90 Å². The number of hydrogen-bond donors (Lipinski definition) is 1. The Bertz CT molecular complexity index is 1430. The predicted molar refractivity (Wildman–Crippen MR) is 150 cm³/mol. The molecule has 198 valence electrons. The van der Waals surface area contributed by atoms with E-state index >= 15 is 0 Å². The summed E-state index contributed by atoms with van der Waals surface area (Å²) in [4.78, 5) is 11.1. The number of aryl methyl sites for hydroxylation is 1. The molecule has 0 atom stereocenters. The lowest BCUT2D eigenvalue weighted by atomic mass is 9.90. The second kappa shape index (κ2) is 10.7. The van der Waals surface area contributed by atoms with Gasteiger partial charge in [0.05, 0.1) is 26.4 Å². The molecule has 2 aliphatic heterocycles. The summed E-state index contributed by atoms with van der Waals surface area (Å²) < 4.78 is 12.1. The first-order valence-electron chi connectivity index (χ1n) is 13.8. The highest BCUT2D eigenvalue weighted by atomic mass is 32.1. The summed E-state index contributed by atoms with van der Waals surface area (Å²) in [6.07, 6.45) is 4.57. The maximum absolute atomic E-state index is 5.61. The van der Waals surface area contributed by atoms with E-state index in [1.165, 1.54) is 40.5 Å². The summed E-state index contributed by atoms with van der Waals surface area (Å²) in [6.45, 7) is 8.63. The largest absolute Gasteiger partial charge is 0.379 e. The molecule has 1 aromatic carbocycles. The molecule has 5 heterocycles. The van der Waals surface area contributed by atoms with Crippen LogP contribution < -0.4 is 10.2 Å². The number of thiophene rings is 1. The van der Waals surface area contributed by atoms with Crippen LogP contribution in [0, 0.1) is 0 Å². The van der Waals surface area contributed by atoms with Crippen molar-refractivity contribution in [3.8, 4) is 0 Å². The SMILES string of the molecule is c1cc(CN2CCOCC2)ccc1CNc1nnnc2c1sc1nc(N3CCOCC3)c3c(c12)CCCC3. The Morgan fingerprint density at radius 2 is 1.55 bits per heavy atom. The molecule has 0 bridgehead atoms. The van der Waals surface area contributed by atoms with E-state index in [-0.39, 0.29) is 0 Å². The van der Waals surface area contributed by atoms with Gasteiger partial charge in [-0.25, -0.2) is 4.98 Å². The number of hydrogen-bond acceptors (Lipinski definition) is 10. The third kappa shape index (κ3) is 4.70. The maximum atomic E-state index is 5.61. The minimum Gasteiger partial charge on any atom is -0.379 e. The molecule has 9 nitrogen and oxygen atoms in total. The van der Waals surface area contributed by atoms with Crippen molar-refractivity contribution in [2.24, 2.45) is 0 Å². The fourth-order valence-electron chi connectivity index (χ4n) is 5.88. The molecule has 2 saturated heterocycles. The molecule has 0 unspecified atom stereocenters. The summed E-state index contributed by atoms with van der Waals surface area (Å²) in [7, 11) is 0. The van der Waals surface area contributed by atoms with Crippen LogP contribution in [0.4, 0.5) is 11.6 Å². The van der Waals surface area contributed by atoms with Crippen LogP contribution in [0.2, 0.25) is 0 Å². The summed E-state index contributed by atoms with van der Waals surface area (Å²) in [6, 6.07) is 8.85. The smallest absolute Gasteiger partial charge is 0.170 e. The van der Waals surface area contributed by atoms with Crippen molar-refractivity contribution in [2.45, 2.75) is 38.8 Å². The Morgan fingerprint density at radius 1 is 0.842 bits per heavy atom. The number of anilines is 2. The van der Waals surface area contributed by atoms with Crippen LogP contribution in [0.15, 0.2) is 24.3 Å². The second-order valence-electron chi connectivity index (χ2n) is 10.4. The molecule has 3 aliphatic rings. The van der Waals surface area contributed by atoms with Gasteiger partial charge in [0.2, 0.25) is 0 Å². The van der Waals surface area contributed by atoms with Gasteiger partial charge in [-0.1, -0.05) is 24.3 Å². The molecule has 7 rings (SSSR count). The first kappa shape index (κ1) is 24.1. The normalized spacial score (nSPS) is 18.7. The van der Waals surface area contributed by atoms with Crippen LogP contribution in [0.25, 0.3) is 20.4 Å². The monoisotopic (exact) mass is 531 g/mol. The Hall–Kier alpha value is -2.92. The molecule has 38 heavy (non-hydrogen) atoms. The number of ether oxygens (including phenoxy) is 2. The van der Waals surface area contributed by atoms with E-state index in [0.29, 0.717) is 6.54 Å². The summed E-state index contributed by atoms with van der Waals surface area (Å²) in [5.41, 5.74) is 6.29. The fraction of sp³-hybridized carbons (Fsp3) is 0.500. The number of benzene rings is 1. The Morgan fingerprint density at radius 3 is 2.34 bits per heavy atom. The molecule has 10 heteroatoms. The van der Waals surface area contributed by atoms with E-state index in [1.807, 2.05) is 0 Å². The van der Waals surface area contributed by atoms with Crippen molar-refractivity contribution < 1.29 is 9.47 Å². The van der Waals surface area contributed by atoms with Crippen LogP contribution >= 0.6 is 11.3 Å². The fourth-order valence-corrected chi connectivity index (χ4v) is 6.98. The Labute approximate surface area is 226 Å². The first-order chi connectivity index (χ1) is 18.8. The van der Waals surface area contributed by atoms with Crippen LogP contribution in [0.1, 0.15) is 35.1 Å². The highest BCUT2D eigenvalue weighted by Crippen LogP contribution is 2.42. The van der Waals surface area contributed by atoms with E-state index in [2.05, 4.69) is 54.8 Å². The van der Waals surface area contributed by atoms with Crippen molar-refractivity contribution in [3.63, 3.8) is 0 Å². The van der Waals surface area contributed by atoms with Gasteiger partial charge in [-0.05, 0) is 53.2 Å². The van der Waals surface area contributed by atoms with E-state index in [0.717, 1.165) is 98.7 Å². The van der Waals surface area contributed by atoms with Gasteiger partial charge in [-0.2, -0.15) is 0 Å². The minimum absolute atomic E-state index is 0.685. The quantitative estimate of drug-likeness (QED) is 0.399. The van der Waals surface area contributed by atoms with Gasteiger partial charge in [0, 0.05) is 44.7 Å². The molecule has 0 radical (unpaired) electrons. The number of rotatable bonds is 6. The maximum Gasteiger partial charge on any atom is 0.170 e. The molecule has 3 aromatic heterocycles. The highest BCUT2D eigenvalue weighted by Gasteiger charge is 2.26. The summed E-state index contributed by atoms with van der Waals surface area (Å²) >= 11 is 1.68. The van der Waals surface area contributed by atoms with E-state index < -0.39 is 0 Å². The molecule has 2 fully saturated rings. The van der Waals surface area contributed by atoms with Crippen molar-refractivity contribution in [2.75, 3.05) is 62.8 Å². The van der Waals surface area contributed by atoms with Crippen LogP contribution in [0.5, 0.6) is 0 Å². The predicted octanol–water partition coefficient (Wildman–Crippen LogP) is 3.79. The third-order valence-corrected chi connectivity index (χ3v) is 9.00. The van der Waals surface area contributed by atoms with Crippen LogP contribution in [-0.2, 0) is 35.4 Å². The van der Waals surface area contributed by atoms with Gasteiger partial charge < -0.3 is 19.7 Å². The molecule has 4 aromatic rings.